The molecule has 3 aromatic rings. The predicted octanol–water partition coefficient (Wildman–Crippen LogP) is 3.51. The summed E-state index contributed by atoms with van der Waals surface area (Å²) in [5.41, 5.74) is 2.85. The van der Waals surface area contributed by atoms with Gasteiger partial charge in [0.05, 0.1) is 0 Å². The molecule has 0 bridgehead atoms. The molecule has 2 aromatic carbocycles. The topological polar surface area (TPSA) is 85.4 Å². The first kappa shape index (κ1) is 15.9. The number of nitrogens with zero attached hydrogens (tertiary/aromatic N) is 2. The molecule has 26 heavy (non-hydrogen) atoms. The lowest BCUT2D eigenvalue weighted by Crippen LogP contribution is -2.11. The fourth-order valence-corrected chi connectivity index (χ4v) is 2.59. The highest BCUT2D eigenvalue weighted by atomic mass is 16.7. The standard InChI is InChI=1S/C19H16N4O3/c1-12-7-18(21-10-20-12)22-14-3-2-4-15(9-14)23-19(24)13-5-6-16-17(8-13)26-11-25-16/h2-10H,11H2,1H3,(H,23,24)(H,20,21,22). The number of carbonyl (C=O) groups excluding carboxylic acids is 1. The molecule has 7 heteroatoms. The van der Waals surface area contributed by atoms with Crippen LogP contribution >= 0.6 is 0 Å². The summed E-state index contributed by atoms with van der Waals surface area (Å²) < 4.78 is 10.6. The van der Waals surface area contributed by atoms with Gasteiger partial charge in [0.1, 0.15) is 12.1 Å². The zero-order valence-electron chi connectivity index (χ0n) is 14.0. The molecule has 0 fully saturated rings. The third kappa shape index (κ3) is 3.41. The van der Waals surface area contributed by atoms with E-state index in [1.54, 1.807) is 18.2 Å². The quantitative estimate of drug-likeness (QED) is 0.750. The lowest BCUT2D eigenvalue weighted by Gasteiger charge is -2.09. The molecule has 0 saturated heterocycles. The second kappa shape index (κ2) is 6.72. The van der Waals surface area contributed by atoms with Crippen LogP contribution in [0, 0.1) is 6.92 Å². The van der Waals surface area contributed by atoms with Crippen molar-refractivity contribution in [3.05, 3.63) is 66.1 Å². The van der Waals surface area contributed by atoms with Gasteiger partial charge in [0.25, 0.3) is 5.91 Å². The number of amides is 1. The normalized spacial score (nSPS) is 11.9. The number of hydrogen-bond acceptors (Lipinski definition) is 6. The molecular weight excluding hydrogens is 332 g/mol. The van der Waals surface area contributed by atoms with Gasteiger partial charge < -0.3 is 20.1 Å². The summed E-state index contributed by atoms with van der Waals surface area (Å²) >= 11 is 0. The smallest absolute Gasteiger partial charge is 0.255 e. The lowest BCUT2D eigenvalue weighted by atomic mass is 10.2. The largest absolute Gasteiger partial charge is 0.454 e. The SMILES string of the molecule is Cc1cc(Nc2cccc(NC(=O)c3ccc4c(c3)OCO4)c2)ncn1. The minimum absolute atomic E-state index is 0.177. The van der Waals surface area contributed by atoms with Gasteiger partial charge in [0.15, 0.2) is 11.5 Å². The number of hydrogen-bond donors (Lipinski definition) is 2. The van der Waals surface area contributed by atoms with E-state index >= 15 is 0 Å². The summed E-state index contributed by atoms with van der Waals surface area (Å²) in [6.07, 6.45) is 1.50. The summed E-state index contributed by atoms with van der Waals surface area (Å²) in [4.78, 5) is 20.7. The summed E-state index contributed by atoms with van der Waals surface area (Å²) in [5.74, 6) is 1.69. The van der Waals surface area contributed by atoms with Crippen molar-refractivity contribution in [3.63, 3.8) is 0 Å². The van der Waals surface area contributed by atoms with Gasteiger partial charge in [-0.1, -0.05) is 6.07 Å². The summed E-state index contributed by atoms with van der Waals surface area (Å²) in [6.45, 7) is 2.07. The van der Waals surface area contributed by atoms with Crippen molar-refractivity contribution >= 4 is 23.1 Å². The summed E-state index contributed by atoms with van der Waals surface area (Å²) in [7, 11) is 0. The third-order valence-electron chi connectivity index (χ3n) is 3.83. The van der Waals surface area contributed by atoms with Crippen LogP contribution in [0.4, 0.5) is 17.2 Å². The Morgan fingerprint density at radius 3 is 2.73 bits per heavy atom. The zero-order chi connectivity index (χ0) is 17.9. The first-order valence-corrected chi connectivity index (χ1v) is 8.04. The van der Waals surface area contributed by atoms with Crippen molar-refractivity contribution in [3.8, 4) is 11.5 Å². The van der Waals surface area contributed by atoms with Crippen LogP contribution in [-0.2, 0) is 0 Å². The Morgan fingerprint density at radius 1 is 1.00 bits per heavy atom. The van der Waals surface area contributed by atoms with Gasteiger partial charge in [0.2, 0.25) is 6.79 Å². The number of ether oxygens (including phenoxy) is 2. The fourth-order valence-electron chi connectivity index (χ4n) is 2.59. The van der Waals surface area contributed by atoms with Gasteiger partial charge in [-0.3, -0.25) is 4.79 Å². The first-order chi connectivity index (χ1) is 12.7. The van der Waals surface area contributed by atoms with E-state index < -0.39 is 0 Å². The molecule has 2 N–H and O–H groups in total. The number of aryl methyl sites for hydroxylation is 1. The van der Waals surface area contributed by atoms with Gasteiger partial charge in [-0.2, -0.15) is 0 Å². The second-order valence-electron chi connectivity index (χ2n) is 5.77. The van der Waals surface area contributed by atoms with E-state index in [2.05, 4.69) is 20.6 Å². The van der Waals surface area contributed by atoms with Crippen LogP contribution in [0.15, 0.2) is 54.9 Å². The Bertz CT molecular complexity index is 975. The van der Waals surface area contributed by atoms with E-state index in [1.165, 1.54) is 6.33 Å². The van der Waals surface area contributed by atoms with E-state index in [0.717, 1.165) is 11.4 Å². The first-order valence-electron chi connectivity index (χ1n) is 8.04. The molecule has 0 spiro atoms. The highest BCUT2D eigenvalue weighted by Gasteiger charge is 2.16. The Morgan fingerprint density at radius 2 is 1.85 bits per heavy atom. The Kier molecular flexibility index (Phi) is 4.10. The van der Waals surface area contributed by atoms with Gasteiger partial charge in [-0.05, 0) is 43.3 Å². The Labute approximate surface area is 150 Å². The van der Waals surface area contributed by atoms with Crippen LogP contribution in [0.1, 0.15) is 16.1 Å². The number of rotatable bonds is 4. The molecule has 0 atom stereocenters. The molecule has 0 unspecified atom stereocenters. The molecule has 0 aliphatic carbocycles. The van der Waals surface area contributed by atoms with Crippen molar-refractivity contribution in [1.82, 2.24) is 9.97 Å². The minimum Gasteiger partial charge on any atom is -0.454 e. The fraction of sp³-hybridized carbons (Fsp3) is 0.105. The van der Waals surface area contributed by atoms with Crippen LogP contribution in [-0.4, -0.2) is 22.7 Å². The van der Waals surface area contributed by atoms with Gasteiger partial charge in [-0.25, -0.2) is 9.97 Å². The number of nitrogens with one attached hydrogen (secondary N) is 2. The molecule has 2 heterocycles. The van der Waals surface area contributed by atoms with E-state index in [0.29, 0.717) is 28.6 Å². The van der Waals surface area contributed by atoms with Crippen LogP contribution in [0.25, 0.3) is 0 Å². The molecule has 0 radical (unpaired) electrons. The molecule has 1 aliphatic rings. The molecule has 130 valence electrons. The number of anilines is 3. The molecule has 1 aromatic heterocycles. The molecule has 1 amide bonds. The second-order valence-corrected chi connectivity index (χ2v) is 5.77. The predicted molar refractivity (Wildman–Crippen MR) is 97.0 cm³/mol. The van der Waals surface area contributed by atoms with Crippen molar-refractivity contribution in [2.75, 3.05) is 17.4 Å². The number of benzene rings is 2. The van der Waals surface area contributed by atoms with E-state index in [9.17, 15) is 4.79 Å². The maximum atomic E-state index is 12.5. The van der Waals surface area contributed by atoms with Crippen molar-refractivity contribution in [2.45, 2.75) is 6.92 Å². The molecule has 0 saturated carbocycles. The minimum atomic E-state index is -0.224. The maximum absolute atomic E-state index is 12.5. The number of fused-ring (bicyclic) bond motifs is 1. The van der Waals surface area contributed by atoms with Gasteiger partial charge in [0, 0.05) is 28.7 Å². The van der Waals surface area contributed by atoms with Crippen molar-refractivity contribution < 1.29 is 14.3 Å². The highest BCUT2D eigenvalue weighted by molar-refractivity contribution is 6.04. The van der Waals surface area contributed by atoms with Crippen molar-refractivity contribution in [1.29, 1.82) is 0 Å². The van der Waals surface area contributed by atoms with Gasteiger partial charge >= 0.3 is 0 Å². The molecule has 4 rings (SSSR count). The molecular formula is C19H16N4O3. The third-order valence-corrected chi connectivity index (χ3v) is 3.83. The Hall–Kier alpha value is -3.61. The Balaban J connectivity index is 1.49. The lowest BCUT2D eigenvalue weighted by molar-refractivity contribution is 0.102. The van der Waals surface area contributed by atoms with Crippen LogP contribution < -0.4 is 20.1 Å². The van der Waals surface area contributed by atoms with Crippen LogP contribution in [0.2, 0.25) is 0 Å². The van der Waals surface area contributed by atoms with Crippen LogP contribution in [0.3, 0.4) is 0 Å². The molecule has 7 nitrogen and oxygen atoms in total. The number of aromatic nitrogens is 2. The van der Waals surface area contributed by atoms with E-state index in [4.69, 9.17) is 9.47 Å². The molecule has 1 aliphatic heterocycles. The summed E-state index contributed by atoms with van der Waals surface area (Å²) in [5, 5.41) is 6.07. The van der Waals surface area contributed by atoms with Gasteiger partial charge in [-0.15, -0.1) is 0 Å². The maximum Gasteiger partial charge on any atom is 0.255 e. The monoisotopic (exact) mass is 348 g/mol. The highest BCUT2D eigenvalue weighted by Crippen LogP contribution is 2.32. The van der Waals surface area contributed by atoms with E-state index in [1.807, 2.05) is 37.3 Å². The average molecular weight is 348 g/mol. The summed E-state index contributed by atoms with van der Waals surface area (Å²) in [6, 6.07) is 14.4. The van der Waals surface area contributed by atoms with Crippen LogP contribution in [0.5, 0.6) is 11.5 Å². The average Bonchev–Trinajstić information content (AvgIpc) is 3.10. The van der Waals surface area contributed by atoms with Crippen molar-refractivity contribution in [2.24, 2.45) is 0 Å². The van der Waals surface area contributed by atoms with E-state index in [-0.39, 0.29) is 12.7 Å². The zero-order valence-corrected chi connectivity index (χ0v) is 14.0. The number of carbonyl (C=O) groups is 1.